The van der Waals surface area contributed by atoms with Gasteiger partial charge in [-0.2, -0.15) is 0 Å². The average molecular weight is 314 g/mol. The third-order valence-electron chi connectivity index (χ3n) is 2.74. The highest BCUT2D eigenvalue weighted by Crippen LogP contribution is 2.44. The van der Waals surface area contributed by atoms with Crippen molar-refractivity contribution < 1.29 is 28.1 Å². The van der Waals surface area contributed by atoms with Crippen LogP contribution >= 0.6 is 12.4 Å². The fourth-order valence-electron chi connectivity index (χ4n) is 1.70. The van der Waals surface area contributed by atoms with E-state index in [1.165, 1.54) is 33.5 Å². The van der Waals surface area contributed by atoms with Crippen LogP contribution in [0, 0.1) is 0 Å². The second kappa shape index (κ2) is 7.47. The normalized spacial score (nSPS) is 12.3. The van der Waals surface area contributed by atoms with Crippen molar-refractivity contribution >= 4 is 12.4 Å². The topological polar surface area (TPSA) is 73.9 Å². The molecule has 0 amide bonds. The first-order chi connectivity index (χ1) is 8.92. The van der Waals surface area contributed by atoms with Crippen molar-refractivity contribution in [2.24, 2.45) is 5.73 Å². The summed E-state index contributed by atoms with van der Waals surface area (Å²) in [6, 6.07) is 1.09. The van der Waals surface area contributed by atoms with Crippen LogP contribution in [0.25, 0.3) is 0 Å². The van der Waals surface area contributed by atoms with E-state index >= 15 is 0 Å². The molecule has 0 fully saturated rings. The molecule has 1 aromatic carbocycles. The van der Waals surface area contributed by atoms with E-state index in [0.717, 1.165) is 0 Å². The lowest BCUT2D eigenvalue weighted by atomic mass is 10.00. The molecule has 0 aliphatic rings. The van der Waals surface area contributed by atoms with Gasteiger partial charge in [0.15, 0.2) is 11.5 Å². The number of aliphatic hydroxyl groups excluding tert-OH is 1. The summed E-state index contributed by atoms with van der Waals surface area (Å²) in [5.74, 6) is -2.90. The van der Waals surface area contributed by atoms with E-state index < -0.39 is 18.6 Å². The molecule has 0 aliphatic carbocycles. The summed E-state index contributed by atoms with van der Waals surface area (Å²) < 4.78 is 42.1. The maximum atomic E-state index is 13.5. The highest BCUT2D eigenvalue weighted by molar-refractivity contribution is 5.85. The van der Waals surface area contributed by atoms with Crippen LogP contribution in [0.2, 0.25) is 0 Å². The van der Waals surface area contributed by atoms with E-state index in [0.29, 0.717) is 5.75 Å². The summed E-state index contributed by atoms with van der Waals surface area (Å²) in [6.07, 6.45) is 0. The quantitative estimate of drug-likeness (QED) is 0.837. The molecule has 0 radical (unpaired) electrons. The summed E-state index contributed by atoms with van der Waals surface area (Å²) in [6.45, 7) is -1.36. The molecule has 0 aliphatic heterocycles. The second-order valence-electron chi connectivity index (χ2n) is 3.82. The van der Waals surface area contributed by atoms with Gasteiger partial charge < -0.3 is 25.1 Å². The Hall–Kier alpha value is -1.31. The molecule has 0 spiro atoms. The van der Waals surface area contributed by atoms with Gasteiger partial charge in [-0.3, -0.25) is 0 Å². The molecule has 0 aromatic heterocycles. The number of nitrogens with two attached hydrogens (primary N) is 1. The molecule has 1 aromatic rings. The van der Waals surface area contributed by atoms with E-state index in [-0.39, 0.29) is 29.5 Å². The lowest BCUT2D eigenvalue weighted by molar-refractivity contribution is -0.0716. The zero-order valence-corrected chi connectivity index (χ0v) is 12.2. The average Bonchev–Trinajstić information content (AvgIpc) is 2.44. The number of aliphatic hydroxyl groups is 1. The fraction of sp³-hybridized carbons (Fsp3) is 0.500. The van der Waals surface area contributed by atoms with Gasteiger partial charge in [0.25, 0.3) is 5.92 Å². The third kappa shape index (κ3) is 3.41. The van der Waals surface area contributed by atoms with Crippen molar-refractivity contribution in [3.8, 4) is 17.2 Å². The predicted octanol–water partition coefficient (Wildman–Crippen LogP) is 1.76. The van der Waals surface area contributed by atoms with E-state index in [1.54, 1.807) is 0 Å². The summed E-state index contributed by atoms with van der Waals surface area (Å²) in [7, 11) is 4.09. The summed E-state index contributed by atoms with van der Waals surface area (Å²) in [5, 5.41) is 8.69. The zero-order chi connectivity index (χ0) is 14.6. The van der Waals surface area contributed by atoms with E-state index in [2.05, 4.69) is 0 Å². The minimum Gasteiger partial charge on any atom is -0.493 e. The number of hydrogen-bond acceptors (Lipinski definition) is 5. The Kier molecular flexibility index (Phi) is 6.98. The molecule has 0 saturated carbocycles. The van der Waals surface area contributed by atoms with Crippen LogP contribution in [0.4, 0.5) is 8.78 Å². The maximum Gasteiger partial charge on any atom is 0.289 e. The molecule has 0 bridgehead atoms. The van der Waals surface area contributed by atoms with Gasteiger partial charge in [0, 0.05) is 5.56 Å². The first-order valence-corrected chi connectivity index (χ1v) is 5.46. The molecule has 0 unspecified atom stereocenters. The Morgan fingerprint density at radius 3 is 2.10 bits per heavy atom. The number of ether oxygens (including phenoxy) is 3. The highest BCUT2D eigenvalue weighted by atomic mass is 35.5. The van der Waals surface area contributed by atoms with Crippen molar-refractivity contribution in [1.82, 2.24) is 0 Å². The van der Waals surface area contributed by atoms with Crippen LogP contribution in [-0.2, 0) is 0 Å². The summed E-state index contributed by atoms with van der Waals surface area (Å²) in [5.41, 5.74) is 5.52. The molecular weight excluding hydrogens is 296 g/mol. The van der Waals surface area contributed by atoms with Gasteiger partial charge >= 0.3 is 0 Å². The van der Waals surface area contributed by atoms with Crippen LogP contribution < -0.4 is 19.9 Å². The summed E-state index contributed by atoms with van der Waals surface area (Å²) in [4.78, 5) is 0. The van der Waals surface area contributed by atoms with Crippen LogP contribution in [0.5, 0.6) is 17.2 Å². The van der Waals surface area contributed by atoms with Gasteiger partial charge in [0.2, 0.25) is 5.75 Å². The Labute approximate surface area is 122 Å². The predicted molar refractivity (Wildman–Crippen MR) is 72.3 cm³/mol. The van der Waals surface area contributed by atoms with Crippen LogP contribution in [0.1, 0.15) is 11.6 Å². The van der Waals surface area contributed by atoms with Crippen LogP contribution in [0.15, 0.2) is 12.1 Å². The lowest BCUT2D eigenvalue weighted by Crippen LogP contribution is -2.36. The minimum atomic E-state index is -3.47. The molecule has 0 saturated heterocycles. The molecular formula is C12H18ClF2NO4. The molecule has 1 atom stereocenters. The van der Waals surface area contributed by atoms with E-state index in [1.807, 2.05) is 0 Å². The zero-order valence-electron chi connectivity index (χ0n) is 11.4. The van der Waals surface area contributed by atoms with Gasteiger partial charge in [-0.1, -0.05) is 0 Å². The number of hydrogen-bond donors (Lipinski definition) is 2. The maximum absolute atomic E-state index is 13.5. The Morgan fingerprint density at radius 2 is 1.70 bits per heavy atom. The van der Waals surface area contributed by atoms with Gasteiger partial charge in [0.1, 0.15) is 12.6 Å². The van der Waals surface area contributed by atoms with Crippen molar-refractivity contribution in [2.45, 2.75) is 12.0 Å². The largest absolute Gasteiger partial charge is 0.493 e. The van der Waals surface area contributed by atoms with Gasteiger partial charge in [0.05, 0.1) is 21.3 Å². The van der Waals surface area contributed by atoms with Crippen molar-refractivity contribution in [1.29, 1.82) is 0 Å². The number of rotatable bonds is 6. The molecule has 1 rings (SSSR count). The number of halogens is 3. The molecule has 20 heavy (non-hydrogen) atoms. The SMILES string of the molecule is COc1ccc([C@H](N)C(F)(F)CO)c(OC)c1OC.Cl. The van der Waals surface area contributed by atoms with Crippen molar-refractivity contribution in [3.05, 3.63) is 17.7 Å². The molecule has 116 valence electrons. The van der Waals surface area contributed by atoms with Crippen molar-refractivity contribution in [2.75, 3.05) is 27.9 Å². The van der Waals surface area contributed by atoms with Gasteiger partial charge in [-0.25, -0.2) is 8.78 Å². The third-order valence-corrected chi connectivity index (χ3v) is 2.74. The van der Waals surface area contributed by atoms with E-state index in [9.17, 15) is 8.78 Å². The van der Waals surface area contributed by atoms with Crippen LogP contribution in [0.3, 0.4) is 0 Å². The lowest BCUT2D eigenvalue weighted by Gasteiger charge is -2.24. The van der Waals surface area contributed by atoms with Crippen molar-refractivity contribution in [3.63, 3.8) is 0 Å². The first kappa shape index (κ1) is 18.7. The molecule has 3 N–H and O–H groups in total. The Balaban J connectivity index is 0.00000361. The smallest absolute Gasteiger partial charge is 0.289 e. The monoisotopic (exact) mass is 313 g/mol. The van der Waals surface area contributed by atoms with Gasteiger partial charge in [-0.05, 0) is 12.1 Å². The van der Waals surface area contributed by atoms with Crippen LogP contribution in [-0.4, -0.2) is 39.0 Å². The Morgan fingerprint density at radius 1 is 1.15 bits per heavy atom. The number of alkyl halides is 2. The minimum absolute atomic E-state index is 0. The second-order valence-corrected chi connectivity index (χ2v) is 3.82. The number of benzene rings is 1. The van der Waals surface area contributed by atoms with Gasteiger partial charge in [-0.15, -0.1) is 12.4 Å². The summed E-state index contributed by atoms with van der Waals surface area (Å²) >= 11 is 0. The number of methoxy groups -OCH3 is 3. The first-order valence-electron chi connectivity index (χ1n) is 5.46. The molecule has 5 nitrogen and oxygen atoms in total. The fourth-order valence-corrected chi connectivity index (χ4v) is 1.70. The molecule has 0 heterocycles. The highest BCUT2D eigenvalue weighted by Gasteiger charge is 2.39. The Bertz CT molecular complexity index is 446. The van der Waals surface area contributed by atoms with E-state index in [4.69, 9.17) is 25.1 Å². The standard InChI is InChI=1S/C12H17F2NO4.ClH/c1-17-8-5-4-7(9(18-2)10(8)19-3)11(15)12(13,14)6-16;/h4-5,11,16H,6,15H2,1-3H3;1H/t11-;/m0./s1. The molecule has 8 heteroatoms.